The van der Waals surface area contributed by atoms with Crippen molar-refractivity contribution in [1.29, 1.82) is 0 Å². The first kappa shape index (κ1) is 10.4. The Bertz CT molecular complexity index is 374. The summed E-state index contributed by atoms with van der Waals surface area (Å²) >= 11 is 5.07. The molecule has 0 bridgehead atoms. The summed E-state index contributed by atoms with van der Waals surface area (Å²) < 4.78 is 0. The summed E-state index contributed by atoms with van der Waals surface area (Å²) in [6.45, 7) is 0. The maximum absolute atomic E-state index is 5.07. The lowest BCUT2D eigenvalue weighted by atomic mass is 9.91. The third-order valence-electron chi connectivity index (χ3n) is 2.83. The quantitative estimate of drug-likeness (QED) is 0.711. The zero-order valence-electron chi connectivity index (χ0n) is 8.97. The molecule has 0 aliphatic heterocycles. The van der Waals surface area contributed by atoms with Crippen LogP contribution in [0.25, 0.3) is 0 Å². The number of benzene rings is 1. The van der Waals surface area contributed by atoms with Gasteiger partial charge in [0.25, 0.3) is 0 Å². The van der Waals surface area contributed by atoms with Crippen LogP contribution in [0.4, 0.5) is 5.69 Å². The van der Waals surface area contributed by atoms with Crippen LogP contribution in [0.5, 0.6) is 0 Å². The zero-order valence-corrected chi connectivity index (χ0v) is 9.79. The maximum atomic E-state index is 5.07. The van der Waals surface area contributed by atoms with E-state index in [9.17, 15) is 0 Å². The summed E-state index contributed by atoms with van der Waals surface area (Å²) in [6.07, 6.45) is 5.07. The highest BCUT2D eigenvalue weighted by molar-refractivity contribution is 7.80. The van der Waals surface area contributed by atoms with Crippen molar-refractivity contribution in [1.82, 2.24) is 5.32 Å². The smallest absolute Gasteiger partial charge is 0.170 e. The largest absolute Gasteiger partial charge is 0.366 e. The van der Waals surface area contributed by atoms with E-state index in [0.29, 0.717) is 5.11 Å². The molecule has 2 nitrogen and oxygen atoms in total. The molecule has 0 amide bonds. The molecular weight excluding hydrogens is 204 g/mol. The molecule has 1 aliphatic rings. The molecule has 2 rings (SSSR count). The van der Waals surface area contributed by atoms with Gasteiger partial charge in [0.05, 0.1) is 0 Å². The van der Waals surface area contributed by atoms with Gasteiger partial charge in [0, 0.05) is 12.7 Å². The molecule has 0 aromatic heterocycles. The summed E-state index contributed by atoms with van der Waals surface area (Å²) in [5, 5.41) is 6.75. The van der Waals surface area contributed by atoms with Crippen LogP contribution in [0.2, 0.25) is 0 Å². The van der Waals surface area contributed by atoms with Gasteiger partial charge in [-0.05, 0) is 61.2 Å². The molecule has 0 saturated carbocycles. The number of fused-ring (bicyclic) bond motifs is 1. The van der Waals surface area contributed by atoms with E-state index in [4.69, 9.17) is 12.2 Å². The summed E-state index contributed by atoms with van der Waals surface area (Å²) in [7, 11) is 1.83. The molecule has 0 fully saturated rings. The van der Waals surface area contributed by atoms with Gasteiger partial charge in [0.2, 0.25) is 0 Å². The molecule has 80 valence electrons. The molecule has 15 heavy (non-hydrogen) atoms. The predicted molar refractivity (Wildman–Crippen MR) is 68.4 cm³/mol. The molecule has 2 N–H and O–H groups in total. The van der Waals surface area contributed by atoms with Crippen LogP contribution >= 0.6 is 12.2 Å². The second-order valence-electron chi connectivity index (χ2n) is 3.89. The summed E-state index contributed by atoms with van der Waals surface area (Å²) in [5.41, 5.74) is 4.07. The van der Waals surface area contributed by atoms with Gasteiger partial charge in [-0.3, -0.25) is 0 Å². The number of thiocarbonyl (C=S) groups is 1. The molecule has 1 aliphatic carbocycles. The molecule has 0 radical (unpaired) electrons. The van der Waals surface area contributed by atoms with E-state index >= 15 is 0 Å². The van der Waals surface area contributed by atoms with Crippen molar-refractivity contribution in [3.05, 3.63) is 29.3 Å². The first-order valence-corrected chi connectivity index (χ1v) is 5.81. The molecule has 1 aromatic rings. The Balaban J connectivity index is 2.17. The van der Waals surface area contributed by atoms with Gasteiger partial charge in [-0.25, -0.2) is 0 Å². The summed E-state index contributed by atoms with van der Waals surface area (Å²) in [6, 6.07) is 6.54. The fourth-order valence-electron chi connectivity index (χ4n) is 2.00. The summed E-state index contributed by atoms with van der Waals surface area (Å²) in [5.74, 6) is 0. The first-order chi connectivity index (χ1) is 7.29. The molecule has 0 spiro atoms. The van der Waals surface area contributed by atoms with Crippen LogP contribution in [-0.2, 0) is 12.8 Å². The van der Waals surface area contributed by atoms with Gasteiger partial charge in [0.1, 0.15) is 0 Å². The highest BCUT2D eigenvalue weighted by atomic mass is 32.1. The monoisotopic (exact) mass is 220 g/mol. The topological polar surface area (TPSA) is 24.1 Å². The van der Waals surface area contributed by atoms with Gasteiger partial charge >= 0.3 is 0 Å². The van der Waals surface area contributed by atoms with E-state index in [2.05, 4.69) is 28.8 Å². The average Bonchev–Trinajstić information content (AvgIpc) is 2.29. The van der Waals surface area contributed by atoms with Gasteiger partial charge in [0.15, 0.2) is 5.11 Å². The lowest BCUT2D eigenvalue weighted by Crippen LogP contribution is -2.24. The summed E-state index contributed by atoms with van der Waals surface area (Å²) in [4.78, 5) is 0. The van der Waals surface area contributed by atoms with Crippen molar-refractivity contribution in [2.75, 3.05) is 12.4 Å². The fourth-order valence-corrected chi connectivity index (χ4v) is 2.12. The van der Waals surface area contributed by atoms with E-state index in [0.717, 1.165) is 5.69 Å². The van der Waals surface area contributed by atoms with Crippen molar-refractivity contribution in [3.63, 3.8) is 0 Å². The number of hydrogen-bond donors (Lipinski definition) is 2. The molecule has 0 atom stereocenters. The molecular formula is C12H16N2S. The van der Waals surface area contributed by atoms with Crippen molar-refractivity contribution in [3.8, 4) is 0 Å². The predicted octanol–water partition coefficient (Wildman–Crippen LogP) is 2.48. The second kappa shape index (κ2) is 4.62. The second-order valence-corrected chi connectivity index (χ2v) is 4.30. The van der Waals surface area contributed by atoms with Crippen LogP contribution in [0, 0.1) is 0 Å². The lowest BCUT2D eigenvalue weighted by Gasteiger charge is -2.17. The highest BCUT2D eigenvalue weighted by Gasteiger charge is 2.09. The standard InChI is InChI=1S/C12H16N2S/c1-13-12(15)14-11-7-6-9-4-2-3-5-10(9)8-11/h6-8H,2-5H2,1H3,(H2,13,14,15). The molecule has 0 unspecified atom stereocenters. The van der Waals surface area contributed by atoms with Crippen molar-refractivity contribution in [2.24, 2.45) is 0 Å². The minimum Gasteiger partial charge on any atom is -0.366 e. The van der Waals surface area contributed by atoms with Gasteiger partial charge < -0.3 is 10.6 Å². The Morgan fingerprint density at radius 2 is 1.93 bits per heavy atom. The average molecular weight is 220 g/mol. The van der Waals surface area contributed by atoms with Gasteiger partial charge in [-0.15, -0.1) is 0 Å². The molecule has 0 saturated heterocycles. The number of nitrogens with one attached hydrogen (secondary N) is 2. The van der Waals surface area contributed by atoms with E-state index in [1.807, 2.05) is 7.05 Å². The molecule has 0 heterocycles. The minimum absolute atomic E-state index is 0.672. The number of aryl methyl sites for hydroxylation is 2. The van der Waals surface area contributed by atoms with Crippen LogP contribution in [0.3, 0.4) is 0 Å². The SMILES string of the molecule is CNC(=S)Nc1ccc2c(c1)CCCC2. The van der Waals surface area contributed by atoms with Gasteiger partial charge in [-0.2, -0.15) is 0 Å². The highest BCUT2D eigenvalue weighted by Crippen LogP contribution is 2.24. The Hall–Kier alpha value is -1.09. The van der Waals surface area contributed by atoms with Crippen LogP contribution < -0.4 is 10.6 Å². The first-order valence-electron chi connectivity index (χ1n) is 5.40. The third kappa shape index (κ3) is 2.48. The number of hydrogen-bond acceptors (Lipinski definition) is 1. The molecule has 3 heteroatoms. The lowest BCUT2D eigenvalue weighted by molar-refractivity contribution is 0.686. The van der Waals surface area contributed by atoms with Gasteiger partial charge in [-0.1, -0.05) is 6.07 Å². The number of rotatable bonds is 1. The Labute approximate surface area is 96.1 Å². The molecule has 1 aromatic carbocycles. The van der Waals surface area contributed by atoms with Crippen molar-refractivity contribution < 1.29 is 0 Å². The van der Waals surface area contributed by atoms with E-state index in [-0.39, 0.29) is 0 Å². The van der Waals surface area contributed by atoms with E-state index in [1.54, 1.807) is 0 Å². The van der Waals surface area contributed by atoms with E-state index in [1.165, 1.54) is 36.8 Å². The Morgan fingerprint density at radius 1 is 1.20 bits per heavy atom. The van der Waals surface area contributed by atoms with Crippen LogP contribution in [0.15, 0.2) is 18.2 Å². The maximum Gasteiger partial charge on any atom is 0.170 e. The van der Waals surface area contributed by atoms with Crippen molar-refractivity contribution >= 4 is 23.0 Å². The zero-order chi connectivity index (χ0) is 10.7. The fraction of sp³-hybridized carbons (Fsp3) is 0.417. The number of anilines is 1. The van der Waals surface area contributed by atoms with Crippen LogP contribution in [0.1, 0.15) is 24.0 Å². The Morgan fingerprint density at radius 3 is 2.67 bits per heavy atom. The van der Waals surface area contributed by atoms with E-state index < -0.39 is 0 Å². The normalized spacial score (nSPS) is 14.2. The third-order valence-corrected chi connectivity index (χ3v) is 3.14. The minimum atomic E-state index is 0.672. The van der Waals surface area contributed by atoms with Crippen LogP contribution in [-0.4, -0.2) is 12.2 Å². The Kier molecular flexibility index (Phi) is 3.21. The van der Waals surface area contributed by atoms with Crippen molar-refractivity contribution in [2.45, 2.75) is 25.7 Å².